The van der Waals surface area contributed by atoms with Crippen LogP contribution >= 0.6 is 0 Å². The van der Waals surface area contributed by atoms with E-state index >= 15 is 0 Å². The maximum atomic E-state index is 13.0. The van der Waals surface area contributed by atoms with Gasteiger partial charge in [-0.3, -0.25) is 9.10 Å². The Labute approximate surface area is 195 Å². The molecule has 172 valence electrons. The Balaban J connectivity index is 1.37. The van der Waals surface area contributed by atoms with Gasteiger partial charge >= 0.3 is 0 Å². The second-order valence-corrected chi connectivity index (χ2v) is 9.84. The monoisotopic (exact) mass is 464 g/mol. The molecular weight excluding hydrogens is 436 g/mol. The Kier molecular flexibility index (Phi) is 6.99. The molecule has 7 heteroatoms. The van der Waals surface area contributed by atoms with E-state index in [9.17, 15) is 13.2 Å². The zero-order valence-electron chi connectivity index (χ0n) is 18.6. The highest BCUT2D eigenvalue weighted by Gasteiger charge is 2.24. The van der Waals surface area contributed by atoms with Crippen LogP contribution in [0.15, 0.2) is 83.8 Å². The lowest BCUT2D eigenvalue weighted by atomic mass is 9.88. The van der Waals surface area contributed by atoms with Gasteiger partial charge in [0.05, 0.1) is 16.6 Å². The third-order valence-corrected chi connectivity index (χ3v) is 7.73. The third-order valence-electron chi connectivity index (χ3n) is 5.82. The molecule has 1 N–H and O–H groups in total. The molecule has 1 aliphatic rings. The average molecular weight is 465 g/mol. The molecule has 0 aromatic heterocycles. The Morgan fingerprint density at radius 3 is 2.42 bits per heavy atom. The fraction of sp³-hybridized carbons (Fsp3) is 0.269. The Morgan fingerprint density at radius 1 is 1.00 bits per heavy atom. The molecule has 3 aromatic carbocycles. The second kappa shape index (κ2) is 10.1. The van der Waals surface area contributed by atoms with Gasteiger partial charge in [0.2, 0.25) is 0 Å². The lowest BCUT2D eigenvalue weighted by molar-refractivity contribution is -0.123. The summed E-state index contributed by atoms with van der Waals surface area (Å²) in [5, 5.41) is 3.07. The molecule has 1 amide bonds. The number of rotatable bonds is 8. The van der Waals surface area contributed by atoms with Gasteiger partial charge in [-0.2, -0.15) is 0 Å². The van der Waals surface area contributed by atoms with E-state index in [4.69, 9.17) is 4.74 Å². The molecule has 0 unspecified atom stereocenters. The first-order valence-corrected chi connectivity index (χ1v) is 12.6. The van der Waals surface area contributed by atoms with E-state index in [1.54, 1.807) is 61.5 Å². The van der Waals surface area contributed by atoms with Crippen molar-refractivity contribution < 1.29 is 17.9 Å². The first-order chi connectivity index (χ1) is 16.0. The normalized spacial score (nSPS) is 15.4. The number of amides is 1. The van der Waals surface area contributed by atoms with E-state index in [-0.39, 0.29) is 23.5 Å². The number of hydrogen-bond donors (Lipinski definition) is 1. The van der Waals surface area contributed by atoms with Crippen molar-refractivity contribution in [3.05, 3.63) is 90.0 Å². The van der Waals surface area contributed by atoms with E-state index in [2.05, 4.69) is 17.4 Å². The minimum absolute atomic E-state index is 0.00901. The molecule has 0 saturated heterocycles. The van der Waals surface area contributed by atoms with Crippen molar-refractivity contribution >= 4 is 21.6 Å². The molecule has 1 aliphatic carbocycles. The Morgan fingerprint density at radius 2 is 1.70 bits per heavy atom. The first kappa shape index (κ1) is 22.9. The average Bonchev–Trinajstić information content (AvgIpc) is 2.85. The van der Waals surface area contributed by atoms with Gasteiger partial charge in [0, 0.05) is 6.54 Å². The van der Waals surface area contributed by atoms with Crippen molar-refractivity contribution in [2.75, 3.05) is 17.5 Å². The van der Waals surface area contributed by atoms with Gasteiger partial charge in [0.25, 0.3) is 15.9 Å². The SMILES string of the molecule is CCN(c1ccc(OCC(=O)N[C@H]2CCCc3ccccc32)cc1)S(=O)(=O)c1ccccc1. The van der Waals surface area contributed by atoms with Gasteiger partial charge < -0.3 is 10.1 Å². The van der Waals surface area contributed by atoms with Crippen LogP contribution in [0.1, 0.15) is 36.9 Å². The van der Waals surface area contributed by atoms with Crippen molar-refractivity contribution in [1.82, 2.24) is 5.32 Å². The number of carbonyl (C=O) groups is 1. The molecule has 0 radical (unpaired) electrons. The van der Waals surface area contributed by atoms with Crippen LogP contribution in [0.3, 0.4) is 0 Å². The summed E-state index contributed by atoms with van der Waals surface area (Å²) in [5.41, 5.74) is 3.01. The summed E-state index contributed by atoms with van der Waals surface area (Å²) in [6.45, 7) is 1.99. The van der Waals surface area contributed by atoms with Crippen LogP contribution in [-0.2, 0) is 21.2 Å². The topological polar surface area (TPSA) is 75.7 Å². The number of nitrogens with zero attached hydrogens (tertiary/aromatic N) is 1. The van der Waals surface area contributed by atoms with Crippen LogP contribution in [0.4, 0.5) is 5.69 Å². The standard InChI is InChI=1S/C26H28N2O4S/c1-2-28(33(30,31)23-11-4-3-5-12-23)21-15-17-22(18-16-21)32-19-26(29)27-25-14-8-10-20-9-6-7-13-24(20)25/h3-7,9,11-13,15-18,25H,2,8,10,14,19H2,1H3,(H,27,29)/t25-/m0/s1. The summed E-state index contributed by atoms with van der Waals surface area (Å²) < 4.78 is 33.0. The highest BCUT2D eigenvalue weighted by Crippen LogP contribution is 2.29. The minimum atomic E-state index is -3.66. The summed E-state index contributed by atoms with van der Waals surface area (Å²) >= 11 is 0. The van der Waals surface area contributed by atoms with Gasteiger partial charge in [-0.25, -0.2) is 8.42 Å². The zero-order chi connectivity index (χ0) is 23.3. The maximum Gasteiger partial charge on any atom is 0.264 e. The molecule has 0 aliphatic heterocycles. The van der Waals surface area contributed by atoms with E-state index in [0.29, 0.717) is 18.0 Å². The van der Waals surface area contributed by atoms with Crippen LogP contribution < -0.4 is 14.4 Å². The van der Waals surface area contributed by atoms with Crippen molar-refractivity contribution in [2.24, 2.45) is 0 Å². The number of anilines is 1. The maximum absolute atomic E-state index is 13.0. The molecule has 6 nitrogen and oxygen atoms in total. The van der Waals surface area contributed by atoms with E-state index in [1.165, 1.54) is 15.4 Å². The molecule has 1 atom stereocenters. The zero-order valence-corrected chi connectivity index (χ0v) is 19.4. The number of ether oxygens (including phenoxy) is 1. The Hall–Kier alpha value is -3.32. The van der Waals surface area contributed by atoms with Crippen molar-refractivity contribution in [1.29, 1.82) is 0 Å². The van der Waals surface area contributed by atoms with Crippen LogP contribution in [0, 0.1) is 0 Å². The molecule has 0 saturated carbocycles. The molecule has 0 heterocycles. The van der Waals surface area contributed by atoms with Gasteiger partial charge in [0.15, 0.2) is 6.61 Å². The van der Waals surface area contributed by atoms with Crippen molar-refractivity contribution in [2.45, 2.75) is 37.1 Å². The van der Waals surface area contributed by atoms with Gasteiger partial charge in [-0.15, -0.1) is 0 Å². The predicted octanol–water partition coefficient (Wildman–Crippen LogP) is 4.47. The first-order valence-electron chi connectivity index (χ1n) is 11.2. The van der Waals surface area contributed by atoms with E-state index < -0.39 is 10.0 Å². The molecule has 4 rings (SSSR count). The number of benzene rings is 3. The highest BCUT2D eigenvalue weighted by atomic mass is 32.2. The smallest absolute Gasteiger partial charge is 0.264 e. The summed E-state index contributed by atoms with van der Waals surface area (Å²) in [5.74, 6) is 0.328. The molecular formula is C26H28N2O4S. The Bertz CT molecular complexity index is 1190. The fourth-order valence-electron chi connectivity index (χ4n) is 4.21. The van der Waals surface area contributed by atoms with Crippen molar-refractivity contribution in [3.8, 4) is 5.75 Å². The predicted molar refractivity (Wildman–Crippen MR) is 129 cm³/mol. The number of sulfonamides is 1. The summed E-state index contributed by atoms with van der Waals surface area (Å²) in [6.07, 6.45) is 3.00. The number of aryl methyl sites for hydroxylation is 1. The number of fused-ring (bicyclic) bond motifs is 1. The summed E-state index contributed by atoms with van der Waals surface area (Å²) in [4.78, 5) is 12.7. The van der Waals surface area contributed by atoms with Gasteiger partial charge in [0.1, 0.15) is 5.75 Å². The summed E-state index contributed by atoms with van der Waals surface area (Å²) in [6, 6.07) is 23.3. The molecule has 0 fully saturated rings. The largest absolute Gasteiger partial charge is 0.484 e. The molecule has 0 bridgehead atoms. The minimum Gasteiger partial charge on any atom is -0.484 e. The van der Waals surface area contributed by atoms with Crippen molar-refractivity contribution in [3.63, 3.8) is 0 Å². The molecule has 0 spiro atoms. The van der Waals surface area contributed by atoms with Gasteiger partial charge in [-0.05, 0) is 73.7 Å². The third kappa shape index (κ3) is 5.20. The van der Waals surface area contributed by atoms with Crippen LogP contribution in [-0.4, -0.2) is 27.5 Å². The van der Waals surface area contributed by atoms with Crippen LogP contribution in [0.25, 0.3) is 0 Å². The second-order valence-electron chi connectivity index (χ2n) is 7.98. The van der Waals surface area contributed by atoms with E-state index in [1.807, 2.05) is 12.1 Å². The molecule has 33 heavy (non-hydrogen) atoms. The lowest BCUT2D eigenvalue weighted by Crippen LogP contribution is -2.34. The van der Waals surface area contributed by atoms with E-state index in [0.717, 1.165) is 19.3 Å². The van der Waals surface area contributed by atoms with Crippen LogP contribution in [0.2, 0.25) is 0 Å². The lowest BCUT2D eigenvalue weighted by Gasteiger charge is -2.26. The highest BCUT2D eigenvalue weighted by molar-refractivity contribution is 7.92. The quantitative estimate of drug-likeness (QED) is 0.534. The fourth-order valence-corrected chi connectivity index (χ4v) is 5.70. The number of nitrogens with one attached hydrogen (secondary N) is 1. The van der Waals surface area contributed by atoms with Crippen LogP contribution in [0.5, 0.6) is 5.75 Å². The number of carbonyl (C=O) groups excluding carboxylic acids is 1. The van der Waals surface area contributed by atoms with Gasteiger partial charge in [-0.1, -0.05) is 42.5 Å². The molecule has 3 aromatic rings. The number of hydrogen-bond acceptors (Lipinski definition) is 4. The summed E-state index contributed by atoms with van der Waals surface area (Å²) in [7, 11) is -3.66.